The van der Waals surface area contributed by atoms with Gasteiger partial charge < -0.3 is 35.1 Å². The smallest absolute Gasteiger partial charge is 0.407 e. The Kier molecular flexibility index (Phi) is 11.3. The molecule has 0 aliphatic carbocycles. The number of benzene rings is 3. The number of hydrogen-bond acceptors (Lipinski definition) is 8. The Labute approximate surface area is 354 Å². The third-order valence-corrected chi connectivity index (χ3v) is 14.6. The summed E-state index contributed by atoms with van der Waals surface area (Å²) in [4.78, 5) is 71.7. The minimum absolute atomic E-state index is 0.0372. The van der Waals surface area contributed by atoms with Gasteiger partial charge in [0.25, 0.3) is 0 Å². The molecule has 4 N–H and O–H groups in total. The van der Waals surface area contributed by atoms with Crippen LogP contribution in [0.5, 0.6) is 0 Å². The first-order chi connectivity index (χ1) is 29.1. The van der Waals surface area contributed by atoms with Gasteiger partial charge in [0.2, 0.25) is 17.7 Å². The van der Waals surface area contributed by atoms with Gasteiger partial charge in [0.05, 0.1) is 41.3 Å². The molecule has 60 heavy (non-hydrogen) atoms. The lowest BCUT2D eigenvalue weighted by Crippen LogP contribution is -2.51. The Hall–Kier alpha value is -5.37. The van der Waals surface area contributed by atoms with Crippen LogP contribution in [0.25, 0.3) is 44.3 Å². The van der Waals surface area contributed by atoms with Crippen molar-refractivity contribution in [1.82, 2.24) is 40.4 Å². The number of carbonyl (C=O) groups excluding carboxylic acids is 4. The maximum absolute atomic E-state index is 13.6. The summed E-state index contributed by atoms with van der Waals surface area (Å²) in [5.41, 5.74) is 7.90. The summed E-state index contributed by atoms with van der Waals surface area (Å²) in [5.74, 6) is 3.24. The molecule has 4 fully saturated rings. The van der Waals surface area contributed by atoms with Crippen molar-refractivity contribution in [3.05, 3.63) is 72.3 Å². The molecule has 9 rings (SSSR count). The normalized spacial score (nSPS) is 23.1. The van der Waals surface area contributed by atoms with E-state index in [-0.39, 0.29) is 35.7 Å². The van der Waals surface area contributed by atoms with Crippen LogP contribution in [0.3, 0.4) is 0 Å². The van der Waals surface area contributed by atoms with E-state index in [1.807, 2.05) is 41.5 Å². The molecule has 4 amide bonds. The van der Waals surface area contributed by atoms with Crippen LogP contribution >= 0.6 is 11.8 Å². The molecule has 6 heterocycles. The zero-order chi connectivity index (χ0) is 41.5. The van der Waals surface area contributed by atoms with E-state index in [9.17, 15) is 19.2 Å². The average Bonchev–Trinajstić information content (AvgIpc) is 4.11. The van der Waals surface area contributed by atoms with Gasteiger partial charge in [0.15, 0.2) is 0 Å². The second kappa shape index (κ2) is 16.9. The van der Waals surface area contributed by atoms with E-state index >= 15 is 0 Å². The highest BCUT2D eigenvalue weighted by molar-refractivity contribution is 8.00. The number of likely N-dealkylation sites (tertiary alicyclic amines) is 2. The summed E-state index contributed by atoms with van der Waals surface area (Å²) in [6, 6.07) is 20.4. The summed E-state index contributed by atoms with van der Waals surface area (Å²) in [6.07, 6.45) is 7.07. The van der Waals surface area contributed by atoms with Crippen LogP contribution in [0.2, 0.25) is 0 Å². The molecule has 0 saturated carbocycles. The number of aromatic amines is 2. The number of carbonyl (C=O) groups is 4. The predicted octanol–water partition coefficient (Wildman–Crippen LogP) is 7.66. The van der Waals surface area contributed by atoms with Crippen molar-refractivity contribution >= 4 is 57.6 Å². The van der Waals surface area contributed by atoms with E-state index in [0.29, 0.717) is 36.6 Å². The number of thioether (sulfide) groups is 1. The summed E-state index contributed by atoms with van der Waals surface area (Å²) in [6.45, 7) is 5.19. The number of ether oxygens (including phenoxy) is 1. The number of amides is 4. The standard InChI is InChI=1S/C46H54N8O5S/c1-26(2)42(52-46(58)59-3)45(57)54-21-7-9-38(54)44-49-33-19-17-30(23-35(33)51-44)28-14-12-27(13-15-28)29-16-18-32-34(22-29)50-43(48-32)37-8-6-20-53(37)41(56)11-5-4-10-39-31-24-40(55)47-36(31)25-60-39/h12-19,22-23,26,31,36-39,42H,4-11,20-21,24-25H2,1-3H3,(H,47,55)(H,48,50)(H,49,51)(H,52,58)/t31-,36-,37-,38-,39-,42-/m0/s1. The molecule has 0 unspecified atom stereocenters. The van der Waals surface area contributed by atoms with Gasteiger partial charge in [0, 0.05) is 48.9 Å². The minimum atomic E-state index is -0.684. The minimum Gasteiger partial charge on any atom is -0.453 e. The van der Waals surface area contributed by atoms with Crippen molar-refractivity contribution < 1.29 is 23.9 Å². The van der Waals surface area contributed by atoms with Crippen LogP contribution in [-0.2, 0) is 19.1 Å². The summed E-state index contributed by atoms with van der Waals surface area (Å²) in [7, 11) is 1.30. The second-order valence-electron chi connectivity index (χ2n) is 17.2. The van der Waals surface area contributed by atoms with E-state index < -0.39 is 12.1 Å². The lowest BCUT2D eigenvalue weighted by Gasteiger charge is -2.29. The van der Waals surface area contributed by atoms with E-state index in [1.165, 1.54) is 7.11 Å². The fourth-order valence-corrected chi connectivity index (χ4v) is 11.5. The molecule has 0 spiro atoms. The topological polar surface area (TPSA) is 165 Å². The number of fused-ring (bicyclic) bond motifs is 3. The lowest BCUT2D eigenvalue weighted by molar-refractivity contribution is -0.135. The molecule has 4 aliphatic rings. The maximum Gasteiger partial charge on any atom is 0.407 e. The first-order valence-corrected chi connectivity index (χ1v) is 22.6. The van der Waals surface area contributed by atoms with Crippen LogP contribution in [-0.4, -0.2) is 96.8 Å². The molecule has 5 aromatic rings. The Balaban J connectivity index is 0.836. The van der Waals surface area contributed by atoms with Crippen molar-refractivity contribution in [2.75, 3.05) is 26.0 Å². The summed E-state index contributed by atoms with van der Waals surface area (Å²) < 4.78 is 4.78. The van der Waals surface area contributed by atoms with Crippen LogP contribution in [0.1, 0.15) is 95.4 Å². The first-order valence-electron chi connectivity index (χ1n) is 21.6. The Bertz CT molecular complexity index is 2410. The van der Waals surface area contributed by atoms with E-state index in [2.05, 4.69) is 75.2 Å². The summed E-state index contributed by atoms with van der Waals surface area (Å²) >= 11 is 1.98. The number of H-pyrrole nitrogens is 2. The molecule has 314 valence electrons. The number of methoxy groups -OCH3 is 1. The highest BCUT2D eigenvalue weighted by Crippen LogP contribution is 2.41. The van der Waals surface area contributed by atoms with Crippen molar-refractivity contribution in [1.29, 1.82) is 0 Å². The number of nitrogens with zero attached hydrogens (tertiary/aromatic N) is 4. The molecular formula is C46H54N8O5S. The number of rotatable bonds is 12. The van der Waals surface area contributed by atoms with Crippen LogP contribution < -0.4 is 10.6 Å². The third kappa shape index (κ3) is 7.98. The molecule has 6 atom stereocenters. The number of imidazole rings is 2. The molecule has 2 aromatic heterocycles. The number of alkyl carbamates (subject to hydrolysis) is 1. The van der Waals surface area contributed by atoms with Crippen molar-refractivity contribution in [3.8, 4) is 22.3 Å². The van der Waals surface area contributed by atoms with Crippen molar-refractivity contribution in [2.24, 2.45) is 11.8 Å². The van der Waals surface area contributed by atoms with Gasteiger partial charge in [-0.15, -0.1) is 0 Å². The molecule has 4 saturated heterocycles. The van der Waals surface area contributed by atoms with Gasteiger partial charge in [-0.3, -0.25) is 14.4 Å². The van der Waals surface area contributed by atoms with Gasteiger partial charge in [-0.05, 0) is 91.0 Å². The fourth-order valence-electron chi connectivity index (χ4n) is 9.83. The molecule has 13 nitrogen and oxygen atoms in total. The van der Waals surface area contributed by atoms with Gasteiger partial charge >= 0.3 is 6.09 Å². The number of hydrogen-bond donors (Lipinski definition) is 4. The van der Waals surface area contributed by atoms with Gasteiger partial charge in [-0.1, -0.05) is 56.7 Å². The van der Waals surface area contributed by atoms with Crippen LogP contribution in [0, 0.1) is 11.8 Å². The maximum atomic E-state index is 13.6. The van der Waals surface area contributed by atoms with E-state index in [0.717, 1.165) is 113 Å². The first kappa shape index (κ1) is 40.1. The van der Waals surface area contributed by atoms with Crippen LogP contribution in [0.4, 0.5) is 4.79 Å². The molecule has 0 bridgehead atoms. The molecule has 4 aliphatic heterocycles. The molecule has 3 aromatic carbocycles. The number of nitrogens with one attached hydrogen (secondary N) is 4. The number of aromatic nitrogens is 4. The SMILES string of the molecule is COC(=O)N[C@H](C(=O)N1CCC[C@H]1c1nc2ccc(-c3ccc(-c4ccc5nc([C@@H]6CCCN6C(=O)CCCC[C@@H]6SC[C@@H]7NC(=O)C[C@@H]76)[nH]c5c4)cc3)cc2[nH]1)C(C)C. The Morgan fingerprint density at radius 1 is 0.833 bits per heavy atom. The largest absolute Gasteiger partial charge is 0.453 e. The van der Waals surface area contributed by atoms with E-state index in [1.54, 1.807) is 0 Å². The van der Waals surface area contributed by atoms with Crippen molar-refractivity contribution in [3.63, 3.8) is 0 Å². The van der Waals surface area contributed by atoms with Crippen LogP contribution in [0.15, 0.2) is 60.7 Å². The predicted molar refractivity (Wildman–Crippen MR) is 233 cm³/mol. The van der Waals surface area contributed by atoms with Gasteiger partial charge in [0.1, 0.15) is 17.7 Å². The van der Waals surface area contributed by atoms with E-state index in [4.69, 9.17) is 14.7 Å². The molecule has 14 heteroatoms. The lowest BCUT2D eigenvalue weighted by atomic mass is 9.94. The monoisotopic (exact) mass is 830 g/mol. The van der Waals surface area contributed by atoms with Gasteiger partial charge in [-0.2, -0.15) is 11.8 Å². The fraction of sp³-hybridized carbons (Fsp3) is 0.478. The highest BCUT2D eigenvalue weighted by atomic mass is 32.2. The highest BCUT2D eigenvalue weighted by Gasteiger charge is 2.43. The van der Waals surface area contributed by atoms with Gasteiger partial charge in [-0.25, -0.2) is 14.8 Å². The Morgan fingerprint density at radius 3 is 2.02 bits per heavy atom. The molecule has 0 radical (unpaired) electrons. The average molecular weight is 831 g/mol. The molecular weight excluding hydrogens is 777 g/mol. The zero-order valence-corrected chi connectivity index (χ0v) is 35.4. The van der Waals surface area contributed by atoms with Crippen molar-refractivity contribution in [2.45, 2.75) is 101 Å². The quantitative estimate of drug-likeness (QED) is 0.0931. The zero-order valence-electron chi connectivity index (χ0n) is 34.5. The Morgan fingerprint density at radius 2 is 1.42 bits per heavy atom. The third-order valence-electron chi connectivity index (χ3n) is 13.1. The summed E-state index contributed by atoms with van der Waals surface area (Å²) in [5, 5.41) is 6.35. The second-order valence-corrected chi connectivity index (χ2v) is 18.5. The number of unbranched alkanes of at least 4 members (excludes halogenated alkanes) is 1.